The Labute approximate surface area is 249 Å². The Morgan fingerprint density at radius 1 is 1.19 bits per heavy atom. The van der Waals surface area contributed by atoms with Gasteiger partial charge in [-0.05, 0) is 43.3 Å². The Hall–Kier alpha value is -3.94. The van der Waals surface area contributed by atoms with Crippen LogP contribution in [0.5, 0.6) is 6.01 Å². The fourth-order valence-corrected chi connectivity index (χ4v) is 6.55. The molecule has 0 unspecified atom stereocenters. The molecule has 9 nitrogen and oxygen atoms in total. The van der Waals surface area contributed by atoms with Crippen molar-refractivity contribution in [3.05, 3.63) is 76.5 Å². The van der Waals surface area contributed by atoms with E-state index in [1.165, 1.54) is 4.90 Å². The van der Waals surface area contributed by atoms with E-state index in [9.17, 15) is 9.18 Å². The van der Waals surface area contributed by atoms with Gasteiger partial charge in [-0.15, -0.1) is 0 Å². The molecule has 6 rings (SSSR count). The van der Waals surface area contributed by atoms with E-state index in [-0.39, 0.29) is 19.1 Å². The van der Waals surface area contributed by atoms with Crippen molar-refractivity contribution in [3.63, 3.8) is 0 Å². The molecule has 3 aliphatic rings. The molecule has 0 radical (unpaired) electrons. The molecule has 2 atom stereocenters. The summed E-state index contributed by atoms with van der Waals surface area (Å²) in [6, 6.07) is 12.2. The van der Waals surface area contributed by atoms with Crippen LogP contribution in [0.1, 0.15) is 24.1 Å². The molecule has 3 aromatic rings. The van der Waals surface area contributed by atoms with Crippen LogP contribution in [0, 0.1) is 6.57 Å². The molecule has 1 N–H and O–H groups in total. The predicted molar refractivity (Wildman–Crippen MR) is 162 cm³/mol. The van der Waals surface area contributed by atoms with Gasteiger partial charge in [0.05, 0.1) is 17.3 Å². The van der Waals surface area contributed by atoms with Crippen LogP contribution in [0.25, 0.3) is 15.6 Å². The first kappa shape index (κ1) is 28.2. The number of aromatic nitrogens is 2. The molecule has 11 heteroatoms. The van der Waals surface area contributed by atoms with Crippen LogP contribution in [0.15, 0.2) is 48.8 Å². The van der Waals surface area contributed by atoms with Crippen LogP contribution in [0.2, 0.25) is 5.02 Å². The first-order chi connectivity index (χ1) is 20.4. The van der Waals surface area contributed by atoms with E-state index in [0.29, 0.717) is 43.7 Å². The second kappa shape index (κ2) is 12.1. The predicted octanol–water partition coefficient (Wildman–Crippen LogP) is 4.40. The number of hydrogen-bond donors (Lipinski definition) is 1. The van der Waals surface area contributed by atoms with Gasteiger partial charge in [0.25, 0.3) is 5.91 Å². The van der Waals surface area contributed by atoms with Crippen LogP contribution >= 0.6 is 11.6 Å². The van der Waals surface area contributed by atoms with Gasteiger partial charge < -0.3 is 29.6 Å². The maximum Gasteiger partial charge on any atom is 0.318 e. The Bertz CT molecular complexity index is 1550. The van der Waals surface area contributed by atoms with Crippen LogP contribution in [-0.4, -0.2) is 78.7 Å². The maximum absolute atomic E-state index is 13.8. The Morgan fingerprint density at radius 2 is 2.02 bits per heavy atom. The van der Waals surface area contributed by atoms with E-state index in [0.717, 1.165) is 59.5 Å². The molecular weight excluding hydrogens is 557 g/mol. The van der Waals surface area contributed by atoms with Gasteiger partial charge in [0.15, 0.2) is 5.83 Å². The van der Waals surface area contributed by atoms with Crippen LogP contribution in [-0.2, 0) is 17.8 Å². The van der Waals surface area contributed by atoms with Crippen LogP contribution < -0.4 is 19.9 Å². The quantitative estimate of drug-likeness (QED) is 0.323. The van der Waals surface area contributed by atoms with Crippen LogP contribution in [0.4, 0.5) is 15.9 Å². The monoisotopic (exact) mass is 589 g/mol. The van der Waals surface area contributed by atoms with Gasteiger partial charge in [-0.25, -0.2) is 11.0 Å². The first-order valence-corrected chi connectivity index (χ1v) is 14.7. The SMILES string of the molecule is [C-]#[N+]C[C@H]1CN(c2nc(OC[C@@H]3CCCN3)nc3c2CCN(c2cccc4cccc(Cl)c24)C3)CCN1C(=O)C(=C)F. The van der Waals surface area contributed by atoms with Gasteiger partial charge in [0.1, 0.15) is 18.5 Å². The summed E-state index contributed by atoms with van der Waals surface area (Å²) in [7, 11) is 0. The number of carbonyl (C=O) groups is 1. The molecule has 42 heavy (non-hydrogen) atoms. The molecule has 0 bridgehead atoms. The number of piperazine rings is 1. The summed E-state index contributed by atoms with van der Waals surface area (Å²) in [5.41, 5.74) is 2.96. The van der Waals surface area contributed by atoms with E-state index >= 15 is 0 Å². The number of anilines is 2. The lowest BCUT2D eigenvalue weighted by molar-refractivity contribution is -0.131. The van der Waals surface area contributed by atoms with E-state index in [4.69, 9.17) is 32.9 Å². The summed E-state index contributed by atoms with van der Waals surface area (Å²) >= 11 is 6.67. The molecular formula is C31H33ClFN7O2. The highest BCUT2D eigenvalue weighted by Gasteiger charge is 2.36. The van der Waals surface area contributed by atoms with Crippen molar-refractivity contribution in [3.8, 4) is 6.01 Å². The number of fused-ring (bicyclic) bond motifs is 2. The number of rotatable bonds is 7. The number of nitrogens with one attached hydrogen (secondary N) is 1. The van der Waals surface area contributed by atoms with E-state index in [1.807, 2.05) is 18.2 Å². The third-order valence-electron chi connectivity index (χ3n) is 8.35. The Balaban J connectivity index is 1.33. The minimum Gasteiger partial charge on any atom is -0.462 e. The van der Waals surface area contributed by atoms with Crippen molar-refractivity contribution in [2.45, 2.75) is 37.9 Å². The molecule has 4 heterocycles. The van der Waals surface area contributed by atoms with E-state index in [1.54, 1.807) is 0 Å². The molecule has 0 spiro atoms. The molecule has 0 aliphatic carbocycles. The van der Waals surface area contributed by atoms with Gasteiger partial charge in [-0.1, -0.05) is 42.4 Å². The summed E-state index contributed by atoms with van der Waals surface area (Å²) < 4.78 is 19.9. The number of amides is 1. The van der Waals surface area contributed by atoms with Crippen molar-refractivity contribution in [1.29, 1.82) is 0 Å². The Kier molecular flexibility index (Phi) is 8.13. The zero-order chi connectivity index (χ0) is 29.2. The molecule has 2 saturated heterocycles. The zero-order valence-corrected chi connectivity index (χ0v) is 24.1. The fourth-order valence-electron chi connectivity index (χ4n) is 6.27. The minimum atomic E-state index is -1.01. The summed E-state index contributed by atoms with van der Waals surface area (Å²) in [5, 5.41) is 6.25. The largest absolute Gasteiger partial charge is 0.462 e. The highest BCUT2D eigenvalue weighted by molar-refractivity contribution is 6.36. The van der Waals surface area contributed by atoms with Crippen molar-refractivity contribution < 1.29 is 13.9 Å². The smallest absolute Gasteiger partial charge is 0.318 e. The van der Waals surface area contributed by atoms with Gasteiger partial charge >= 0.3 is 6.01 Å². The highest BCUT2D eigenvalue weighted by Crippen LogP contribution is 2.37. The minimum absolute atomic E-state index is 0.0646. The van der Waals surface area contributed by atoms with Crippen molar-refractivity contribution in [1.82, 2.24) is 20.2 Å². The molecule has 218 valence electrons. The van der Waals surface area contributed by atoms with Crippen molar-refractivity contribution >= 4 is 39.8 Å². The second-order valence-electron chi connectivity index (χ2n) is 11.0. The number of carbonyl (C=O) groups excluding carboxylic acids is 1. The zero-order valence-electron chi connectivity index (χ0n) is 23.4. The van der Waals surface area contributed by atoms with Gasteiger partial charge in [0.2, 0.25) is 6.54 Å². The number of halogens is 2. The summed E-state index contributed by atoms with van der Waals surface area (Å²) in [6.07, 6.45) is 2.86. The van der Waals surface area contributed by atoms with Crippen molar-refractivity contribution in [2.24, 2.45) is 0 Å². The second-order valence-corrected chi connectivity index (χ2v) is 11.4. The first-order valence-electron chi connectivity index (χ1n) is 14.3. The maximum atomic E-state index is 13.8. The average Bonchev–Trinajstić information content (AvgIpc) is 3.53. The molecule has 2 fully saturated rings. The standard InChI is InChI=1S/C31H33ClFN7O2/c1-20(33)30(41)40-15-14-39(17-23(40)16-34-2)29-24-11-13-38(27-10-4-7-21-6-3-9-25(32)28(21)27)18-26(24)36-31(37-29)42-19-22-8-5-12-35-22/h3-4,6-7,9-10,22-23,35H,1,5,8,11-19H2/t22-,23-/m0/s1. The molecule has 1 aromatic heterocycles. The number of nitrogens with zero attached hydrogens (tertiary/aromatic N) is 6. The molecule has 3 aliphatic heterocycles. The lowest BCUT2D eigenvalue weighted by atomic mass is 10.0. The number of benzene rings is 2. The van der Waals surface area contributed by atoms with E-state index < -0.39 is 17.8 Å². The number of hydrogen-bond acceptors (Lipinski definition) is 7. The average molecular weight is 590 g/mol. The van der Waals surface area contributed by atoms with Crippen molar-refractivity contribution in [2.75, 3.05) is 55.7 Å². The molecule has 0 saturated carbocycles. The topological polar surface area (TPSA) is 78.2 Å². The lowest BCUT2D eigenvalue weighted by Gasteiger charge is -2.41. The van der Waals surface area contributed by atoms with Gasteiger partial charge in [-0.2, -0.15) is 9.97 Å². The van der Waals surface area contributed by atoms with Crippen LogP contribution in [0.3, 0.4) is 0 Å². The molecule has 1 amide bonds. The lowest BCUT2D eigenvalue weighted by Crippen LogP contribution is -2.57. The summed E-state index contributed by atoms with van der Waals surface area (Å²) in [4.78, 5) is 31.6. The van der Waals surface area contributed by atoms with E-state index in [2.05, 4.69) is 44.7 Å². The molecule has 2 aromatic carbocycles. The summed E-state index contributed by atoms with van der Waals surface area (Å²) in [5.74, 6) is -1.01. The highest BCUT2D eigenvalue weighted by atomic mass is 35.5. The number of ether oxygens (including phenoxy) is 1. The van der Waals surface area contributed by atoms with Gasteiger partial charge in [-0.3, -0.25) is 4.79 Å². The fraction of sp³-hybridized carbons (Fsp3) is 0.419. The van der Waals surface area contributed by atoms with Gasteiger partial charge in [0, 0.05) is 48.9 Å². The third-order valence-corrected chi connectivity index (χ3v) is 8.66. The third kappa shape index (κ3) is 5.59. The normalized spacial score (nSPS) is 20.4. The summed E-state index contributed by atoms with van der Waals surface area (Å²) in [6.45, 7) is 14.5. The Morgan fingerprint density at radius 3 is 2.79 bits per heavy atom.